The second kappa shape index (κ2) is 9.18. The van der Waals surface area contributed by atoms with Crippen molar-refractivity contribution in [2.45, 2.75) is 25.1 Å². The summed E-state index contributed by atoms with van der Waals surface area (Å²) in [5.41, 5.74) is 1.81. The minimum atomic E-state index is -0.851. The van der Waals surface area contributed by atoms with Crippen LogP contribution >= 0.6 is 0 Å². The molecule has 2 atom stereocenters. The van der Waals surface area contributed by atoms with Crippen LogP contribution in [-0.4, -0.2) is 60.5 Å². The van der Waals surface area contributed by atoms with E-state index in [4.69, 9.17) is 9.47 Å². The molecule has 0 spiro atoms. The summed E-state index contributed by atoms with van der Waals surface area (Å²) >= 11 is 0. The summed E-state index contributed by atoms with van der Waals surface area (Å²) in [4.78, 5) is 40.8. The molecule has 162 valence electrons. The summed E-state index contributed by atoms with van der Waals surface area (Å²) in [6.45, 7) is 1.46. The molecule has 0 aromatic heterocycles. The Morgan fingerprint density at radius 1 is 1.13 bits per heavy atom. The lowest BCUT2D eigenvalue weighted by Gasteiger charge is -2.33. The minimum absolute atomic E-state index is 0.0643. The SMILES string of the molecule is COc1ccc(CN2C(=O)N[C@H](CC(=O)N3CCO[C@H](c4ccccc4)C3)C2=O)cc1. The first-order chi connectivity index (χ1) is 15.0. The summed E-state index contributed by atoms with van der Waals surface area (Å²) < 4.78 is 10.9. The van der Waals surface area contributed by atoms with Gasteiger partial charge in [-0.3, -0.25) is 14.5 Å². The van der Waals surface area contributed by atoms with Crippen molar-refractivity contribution in [2.75, 3.05) is 26.8 Å². The third-order valence-electron chi connectivity index (χ3n) is 5.58. The third-order valence-corrected chi connectivity index (χ3v) is 5.58. The standard InChI is InChI=1S/C23H25N3O5/c1-30-18-9-7-16(8-10-18)14-26-22(28)19(24-23(26)29)13-21(27)25-11-12-31-20(15-25)17-5-3-2-4-6-17/h2-10,19-20H,11-15H2,1H3,(H,24,29)/t19-,20+/m1/s1. The summed E-state index contributed by atoms with van der Waals surface area (Å²) in [5.74, 6) is 0.139. The Kier molecular flexibility index (Phi) is 6.18. The molecule has 4 amide bonds. The number of hydrogen-bond acceptors (Lipinski definition) is 5. The number of ether oxygens (including phenoxy) is 2. The Hall–Kier alpha value is -3.39. The van der Waals surface area contributed by atoms with Gasteiger partial charge in [0.25, 0.3) is 5.91 Å². The van der Waals surface area contributed by atoms with Crippen molar-refractivity contribution in [1.82, 2.24) is 15.1 Å². The maximum Gasteiger partial charge on any atom is 0.325 e. The molecule has 1 N–H and O–H groups in total. The number of carbonyl (C=O) groups excluding carboxylic acids is 3. The van der Waals surface area contributed by atoms with E-state index >= 15 is 0 Å². The van der Waals surface area contributed by atoms with Crippen molar-refractivity contribution in [2.24, 2.45) is 0 Å². The Labute approximate surface area is 180 Å². The summed E-state index contributed by atoms with van der Waals surface area (Å²) in [6, 6.07) is 15.6. The van der Waals surface area contributed by atoms with Gasteiger partial charge in [-0.25, -0.2) is 4.79 Å². The van der Waals surface area contributed by atoms with E-state index in [1.54, 1.807) is 36.3 Å². The van der Waals surface area contributed by atoms with Gasteiger partial charge in [0.1, 0.15) is 17.9 Å². The van der Waals surface area contributed by atoms with Crippen LogP contribution in [0.25, 0.3) is 0 Å². The zero-order chi connectivity index (χ0) is 21.8. The number of urea groups is 1. The molecule has 2 aliphatic rings. The van der Waals surface area contributed by atoms with Crippen LogP contribution in [0.2, 0.25) is 0 Å². The van der Waals surface area contributed by atoms with Crippen LogP contribution in [0.3, 0.4) is 0 Å². The highest BCUT2D eigenvalue weighted by Crippen LogP contribution is 2.23. The average Bonchev–Trinajstić information content (AvgIpc) is 3.07. The number of amides is 4. The van der Waals surface area contributed by atoms with Gasteiger partial charge in [0.2, 0.25) is 5.91 Å². The van der Waals surface area contributed by atoms with Gasteiger partial charge >= 0.3 is 6.03 Å². The van der Waals surface area contributed by atoms with E-state index in [1.165, 1.54) is 0 Å². The van der Waals surface area contributed by atoms with Crippen molar-refractivity contribution in [3.05, 3.63) is 65.7 Å². The molecule has 2 saturated heterocycles. The number of benzene rings is 2. The maximum atomic E-state index is 12.9. The summed E-state index contributed by atoms with van der Waals surface area (Å²) in [7, 11) is 1.57. The van der Waals surface area contributed by atoms with Crippen LogP contribution in [0.1, 0.15) is 23.7 Å². The van der Waals surface area contributed by atoms with Gasteiger partial charge in [0, 0.05) is 6.54 Å². The Morgan fingerprint density at radius 3 is 2.58 bits per heavy atom. The summed E-state index contributed by atoms with van der Waals surface area (Å²) in [5, 5.41) is 2.64. The first kappa shape index (κ1) is 20.9. The molecule has 0 radical (unpaired) electrons. The fourth-order valence-corrected chi connectivity index (χ4v) is 3.83. The molecular formula is C23H25N3O5. The van der Waals surface area contributed by atoms with Gasteiger partial charge in [-0.05, 0) is 23.3 Å². The number of hydrogen-bond donors (Lipinski definition) is 1. The van der Waals surface area contributed by atoms with Crippen molar-refractivity contribution in [3.8, 4) is 5.75 Å². The van der Waals surface area contributed by atoms with E-state index < -0.39 is 12.1 Å². The van der Waals surface area contributed by atoms with Crippen molar-refractivity contribution >= 4 is 17.8 Å². The highest BCUT2D eigenvalue weighted by Gasteiger charge is 2.40. The van der Waals surface area contributed by atoms with Gasteiger partial charge in [0.05, 0.1) is 33.2 Å². The van der Waals surface area contributed by atoms with Gasteiger partial charge in [-0.15, -0.1) is 0 Å². The van der Waals surface area contributed by atoms with E-state index in [9.17, 15) is 14.4 Å². The molecule has 4 rings (SSSR count). The Bertz CT molecular complexity index is 947. The zero-order valence-corrected chi connectivity index (χ0v) is 17.3. The first-order valence-corrected chi connectivity index (χ1v) is 10.2. The quantitative estimate of drug-likeness (QED) is 0.719. The number of imide groups is 1. The van der Waals surface area contributed by atoms with E-state index in [-0.39, 0.29) is 30.9 Å². The fraction of sp³-hybridized carbons (Fsp3) is 0.348. The number of methoxy groups -OCH3 is 1. The average molecular weight is 423 g/mol. The predicted octanol–water partition coefficient (Wildman–Crippen LogP) is 2.11. The van der Waals surface area contributed by atoms with Crippen molar-refractivity contribution in [3.63, 3.8) is 0 Å². The molecular weight excluding hydrogens is 398 g/mol. The van der Waals surface area contributed by atoms with Crippen molar-refractivity contribution in [1.29, 1.82) is 0 Å². The topological polar surface area (TPSA) is 88.2 Å². The van der Waals surface area contributed by atoms with Crippen LogP contribution in [-0.2, 0) is 20.9 Å². The minimum Gasteiger partial charge on any atom is -0.497 e. The number of nitrogens with zero attached hydrogens (tertiary/aromatic N) is 2. The number of carbonyl (C=O) groups is 3. The molecule has 0 aliphatic carbocycles. The first-order valence-electron chi connectivity index (χ1n) is 10.2. The van der Waals surface area contributed by atoms with E-state index in [1.807, 2.05) is 30.3 Å². The molecule has 2 aromatic carbocycles. The third kappa shape index (κ3) is 4.69. The smallest absolute Gasteiger partial charge is 0.325 e. The lowest BCUT2D eigenvalue weighted by atomic mass is 10.1. The zero-order valence-electron chi connectivity index (χ0n) is 17.3. The van der Waals surface area contributed by atoms with Crippen LogP contribution in [0.4, 0.5) is 4.79 Å². The highest BCUT2D eigenvalue weighted by molar-refractivity contribution is 6.05. The van der Waals surface area contributed by atoms with Gasteiger partial charge in [-0.2, -0.15) is 0 Å². The fourth-order valence-electron chi connectivity index (χ4n) is 3.83. The lowest BCUT2D eigenvalue weighted by molar-refractivity contribution is -0.141. The largest absolute Gasteiger partial charge is 0.497 e. The molecule has 8 heteroatoms. The van der Waals surface area contributed by atoms with Gasteiger partial charge in [-0.1, -0.05) is 42.5 Å². The number of morpholine rings is 1. The highest BCUT2D eigenvalue weighted by atomic mass is 16.5. The number of nitrogens with one attached hydrogen (secondary N) is 1. The number of rotatable bonds is 6. The Morgan fingerprint density at radius 2 is 1.87 bits per heavy atom. The molecule has 8 nitrogen and oxygen atoms in total. The predicted molar refractivity (Wildman–Crippen MR) is 112 cm³/mol. The molecule has 2 aliphatic heterocycles. The van der Waals surface area contributed by atoms with Crippen LogP contribution in [0.5, 0.6) is 5.75 Å². The molecule has 0 bridgehead atoms. The van der Waals surface area contributed by atoms with Crippen molar-refractivity contribution < 1.29 is 23.9 Å². The maximum absolute atomic E-state index is 12.9. The molecule has 0 saturated carbocycles. The second-order valence-electron chi connectivity index (χ2n) is 7.59. The molecule has 31 heavy (non-hydrogen) atoms. The second-order valence-corrected chi connectivity index (χ2v) is 7.59. The lowest BCUT2D eigenvalue weighted by Crippen LogP contribution is -2.45. The van der Waals surface area contributed by atoms with Gasteiger partial charge in [0.15, 0.2) is 0 Å². The van der Waals surface area contributed by atoms with Gasteiger partial charge < -0.3 is 19.7 Å². The molecule has 2 fully saturated rings. The van der Waals surface area contributed by atoms with E-state index in [0.29, 0.717) is 25.4 Å². The van der Waals surface area contributed by atoms with E-state index in [0.717, 1.165) is 16.0 Å². The molecule has 2 heterocycles. The van der Waals surface area contributed by atoms with Crippen LogP contribution < -0.4 is 10.1 Å². The molecule has 0 unspecified atom stereocenters. The summed E-state index contributed by atoms with van der Waals surface area (Å²) in [6.07, 6.45) is -0.259. The normalized spacial score (nSPS) is 21.2. The monoisotopic (exact) mass is 423 g/mol. The Balaban J connectivity index is 1.36. The molecule has 2 aromatic rings. The van der Waals surface area contributed by atoms with E-state index in [2.05, 4.69) is 5.32 Å². The van der Waals surface area contributed by atoms with Crippen LogP contribution in [0.15, 0.2) is 54.6 Å². The van der Waals surface area contributed by atoms with Crippen LogP contribution in [0, 0.1) is 0 Å².